The van der Waals surface area contributed by atoms with E-state index in [1.165, 1.54) is 5.56 Å². The van der Waals surface area contributed by atoms with Crippen LogP contribution in [-0.4, -0.2) is 30.7 Å². The number of nitrogens with zero attached hydrogens (tertiary/aromatic N) is 2. The van der Waals surface area contributed by atoms with E-state index < -0.39 is 0 Å². The van der Waals surface area contributed by atoms with Gasteiger partial charge < -0.3 is 14.8 Å². The van der Waals surface area contributed by atoms with Gasteiger partial charge in [-0.2, -0.15) is 0 Å². The third-order valence-electron chi connectivity index (χ3n) is 3.63. The van der Waals surface area contributed by atoms with Crippen molar-refractivity contribution < 1.29 is 9.47 Å². The lowest BCUT2D eigenvalue weighted by Crippen LogP contribution is -2.17. The predicted molar refractivity (Wildman–Crippen MR) is 80.7 cm³/mol. The molecule has 2 heterocycles. The molecule has 0 saturated heterocycles. The van der Waals surface area contributed by atoms with Gasteiger partial charge in [-0.05, 0) is 17.7 Å². The minimum atomic E-state index is 0.592. The molecule has 0 spiro atoms. The third kappa shape index (κ3) is 2.97. The zero-order valence-corrected chi connectivity index (χ0v) is 12.3. The molecule has 21 heavy (non-hydrogen) atoms. The Labute approximate surface area is 124 Å². The Hall–Kier alpha value is -2.14. The van der Waals surface area contributed by atoms with Crippen LogP contribution in [0.1, 0.15) is 22.6 Å². The fraction of sp³-hybridized carbons (Fsp3) is 0.375. The van der Waals surface area contributed by atoms with Crippen LogP contribution < -0.4 is 10.1 Å². The minimum absolute atomic E-state index is 0.592. The van der Waals surface area contributed by atoms with E-state index in [0.29, 0.717) is 13.0 Å². The van der Waals surface area contributed by atoms with Crippen LogP contribution in [0.4, 0.5) is 5.82 Å². The summed E-state index contributed by atoms with van der Waals surface area (Å²) in [5.41, 5.74) is 3.36. The second kappa shape index (κ2) is 6.10. The van der Waals surface area contributed by atoms with Gasteiger partial charge in [-0.1, -0.05) is 12.1 Å². The van der Waals surface area contributed by atoms with Gasteiger partial charge in [0.1, 0.15) is 17.4 Å². The molecule has 2 aromatic rings. The second-order valence-corrected chi connectivity index (χ2v) is 4.99. The standard InChI is InChI=1S/C16H19N3O2/c1-17-16-13-10-21-8-7-14(13)18-15(19-16)9-11-3-5-12(20-2)6-4-11/h3-6H,7-10H2,1-2H3,(H,17,18,19). The van der Waals surface area contributed by atoms with Gasteiger partial charge >= 0.3 is 0 Å². The van der Waals surface area contributed by atoms with Gasteiger partial charge in [0.05, 0.1) is 26.0 Å². The van der Waals surface area contributed by atoms with Crippen molar-refractivity contribution in [3.05, 3.63) is 46.9 Å². The number of hydrogen-bond acceptors (Lipinski definition) is 5. The molecule has 1 aromatic carbocycles. The number of aromatic nitrogens is 2. The van der Waals surface area contributed by atoms with E-state index in [4.69, 9.17) is 14.5 Å². The van der Waals surface area contributed by atoms with Gasteiger partial charge in [-0.3, -0.25) is 0 Å². The van der Waals surface area contributed by atoms with Crippen LogP contribution in [0, 0.1) is 0 Å². The highest BCUT2D eigenvalue weighted by molar-refractivity contribution is 5.47. The first-order valence-electron chi connectivity index (χ1n) is 7.07. The molecule has 0 atom stereocenters. The number of nitrogens with one attached hydrogen (secondary N) is 1. The number of methoxy groups -OCH3 is 1. The van der Waals surface area contributed by atoms with Crippen LogP contribution in [0.25, 0.3) is 0 Å². The number of rotatable bonds is 4. The Balaban J connectivity index is 1.87. The molecule has 0 bridgehead atoms. The topological polar surface area (TPSA) is 56.3 Å². The molecule has 110 valence electrons. The largest absolute Gasteiger partial charge is 0.497 e. The van der Waals surface area contributed by atoms with Gasteiger partial charge in [0.15, 0.2) is 0 Å². The summed E-state index contributed by atoms with van der Waals surface area (Å²) >= 11 is 0. The smallest absolute Gasteiger partial charge is 0.135 e. The predicted octanol–water partition coefficient (Wildman–Crippen LogP) is 2.19. The molecule has 5 heteroatoms. The molecular formula is C16H19N3O2. The monoisotopic (exact) mass is 285 g/mol. The lowest BCUT2D eigenvalue weighted by molar-refractivity contribution is 0.109. The molecule has 1 aromatic heterocycles. The molecule has 0 fully saturated rings. The van der Waals surface area contributed by atoms with Crippen LogP contribution in [-0.2, 0) is 24.2 Å². The summed E-state index contributed by atoms with van der Waals surface area (Å²) in [6, 6.07) is 8.01. The number of anilines is 1. The normalized spacial score (nSPS) is 13.6. The highest BCUT2D eigenvalue weighted by Crippen LogP contribution is 2.23. The Morgan fingerprint density at radius 2 is 2.05 bits per heavy atom. The Morgan fingerprint density at radius 3 is 2.76 bits per heavy atom. The summed E-state index contributed by atoms with van der Waals surface area (Å²) in [5, 5.41) is 3.15. The quantitative estimate of drug-likeness (QED) is 0.933. The highest BCUT2D eigenvalue weighted by atomic mass is 16.5. The summed E-state index contributed by atoms with van der Waals surface area (Å²) in [6.07, 6.45) is 1.56. The van der Waals surface area contributed by atoms with Crippen LogP contribution in [0.5, 0.6) is 5.75 Å². The maximum absolute atomic E-state index is 5.49. The SMILES string of the molecule is CNc1nc(Cc2ccc(OC)cc2)nc2c1COCC2. The van der Waals surface area contributed by atoms with Crippen LogP contribution >= 0.6 is 0 Å². The zero-order chi connectivity index (χ0) is 14.7. The van der Waals surface area contributed by atoms with Gasteiger partial charge in [-0.15, -0.1) is 0 Å². The van der Waals surface area contributed by atoms with Crippen molar-refractivity contribution in [3.63, 3.8) is 0 Å². The van der Waals surface area contributed by atoms with Gasteiger partial charge in [0.25, 0.3) is 0 Å². The molecule has 1 N–H and O–H groups in total. The van der Waals surface area contributed by atoms with E-state index in [-0.39, 0.29) is 0 Å². The number of hydrogen-bond donors (Lipinski definition) is 1. The fourth-order valence-corrected chi connectivity index (χ4v) is 2.49. The molecule has 5 nitrogen and oxygen atoms in total. The van der Waals surface area contributed by atoms with Crippen molar-refractivity contribution in [1.29, 1.82) is 0 Å². The van der Waals surface area contributed by atoms with Crippen molar-refractivity contribution in [1.82, 2.24) is 9.97 Å². The summed E-state index contributed by atoms with van der Waals surface area (Å²) < 4.78 is 10.7. The van der Waals surface area contributed by atoms with Gasteiger partial charge in [0, 0.05) is 25.5 Å². The minimum Gasteiger partial charge on any atom is -0.497 e. The molecule has 0 saturated carbocycles. The summed E-state index contributed by atoms with van der Waals surface area (Å²) in [5.74, 6) is 2.58. The van der Waals surface area contributed by atoms with E-state index in [9.17, 15) is 0 Å². The van der Waals surface area contributed by atoms with E-state index in [1.807, 2.05) is 31.3 Å². The van der Waals surface area contributed by atoms with E-state index in [0.717, 1.165) is 41.7 Å². The fourth-order valence-electron chi connectivity index (χ4n) is 2.49. The van der Waals surface area contributed by atoms with Crippen molar-refractivity contribution in [2.75, 3.05) is 26.1 Å². The zero-order valence-electron chi connectivity index (χ0n) is 12.3. The maximum Gasteiger partial charge on any atom is 0.135 e. The first-order valence-corrected chi connectivity index (χ1v) is 7.07. The number of ether oxygens (including phenoxy) is 2. The lowest BCUT2D eigenvalue weighted by Gasteiger charge is -2.19. The van der Waals surface area contributed by atoms with Gasteiger partial charge in [0.2, 0.25) is 0 Å². The summed E-state index contributed by atoms with van der Waals surface area (Å²) in [6.45, 7) is 1.32. The van der Waals surface area contributed by atoms with Crippen LogP contribution in [0.3, 0.4) is 0 Å². The maximum atomic E-state index is 5.49. The third-order valence-corrected chi connectivity index (χ3v) is 3.63. The molecule has 0 aliphatic carbocycles. The Morgan fingerprint density at radius 1 is 1.24 bits per heavy atom. The van der Waals surface area contributed by atoms with Gasteiger partial charge in [-0.25, -0.2) is 9.97 Å². The first kappa shape index (κ1) is 13.8. The summed E-state index contributed by atoms with van der Waals surface area (Å²) in [7, 11) is 3.55. The molecule has 0 radical (unpaired) electrons. The molecular weight excluding hydrogens is 266 g/mol. The van der Waals surface area contributed by atoms with Crippen molar-refractivity contribution in [2.24, 2.45) is 0 Å². The molecule has 0 amide bonds. The first-order chi connectivity index (χ1) is 10.3. The van der Waals surface area contributed by atoms with Crippen molar-refractivity contribution in [3.8, 4) is 5.75 Å². The molecule has 0 unspecified atom stereocenters. The van der Waals surface area contributed by atoms with Crippen molar-refractivity contribution >= 4 is 5.82 Å². The van der Waals surface area contributed by atoms with Crippen LogP contribution in [0.15, 0.2) is 24.3 Å². The number of benzene rings is 1. The average molecular weight is 285 g/mol. The Bertz CT molecular complexity index is 609. The van der Waals surface area contributed by atoms with Crippen molar-refractivity contribution in [2.45, 2.75) is 19.4 Å². The molecule has 1 aliphatic heterocycles. The average Bonchev–Trinajstić information content (AvgIpc) is 2.55. The van der Waals surface area contributed by atoms with E-state index in [1.54, 1.807) is 7.11 Å². The van der Waals surface area contributed by atoms with Crippen LogP contribution in [0.2, 0.25) is 0 Å². The Kier molecular flexibility index (Phi) is 4.01. The molecule has 1 aliphatic rings. The molecule has 3 rings (SSSR count). The van der Waals surface area contributed by atoms with E-state index >= 15 is 0 Å². The van der Waals surface area contributed by atoms with E-state index in [2.05, 4.69) is 10.3 Å². The number of fused-ring (bicyclic) bond motifs is 1. The highest BCUT2D eigenvalue weighted by Gasteiger charge is 2.17. The second-order valence-electron chi connectivity index (χ2n) is 4.99. The lowest BCUT2D eigenvalue weighted by atomic mass is 10.1. The summed E-state index contributed by atoms with van der Waals surface area (Å²) in [4.78, 5) is 9.31.